The highest BCUT2D eigenvalue weighted by Gasteiger charge is 2.42. The fourth-order valence-electron chi connectivity index (χ4n) is 3.65. The average Bonchev–Trinajstić information content (AvgIpc) is 3.15. The molecule has 3 rings (SSSR count). The molecule has 0 bridgehead atoms. The van der Waals surface area contributed by atoms with Gasteiger partial charge in [0.15, 0.2) is 17.3 Å². The van der Waals surface area contributed by atoms with Gasteiger partial charge in [-0.15, -0.1) is 0 Å². The molecule has 2 aromatic rings. The van der Waals surface area contributed by atoms with Gasteiger partial charge in [-0.3, -0.25) is 4.79 Å². The Kier molecular flexibility index (Phi) is 7.54. The van der Waals surface area contributed by atoms with Crippen molar-refractivity contribution in [3.63, 3.8) is 0 Å². The second kappa shape index (κ2) is 10.0. The van der Waals surface area contributed by atoms with Crippen LogP contribution in [-0.4, -0.2) is 45.5 Å². The van der Waals surface area contributed by atoms with Crippen LogP contribution in [0.25, 0.3) is 0 Å². The Morgan fingerprint density at radius 2 is 1.82 bits per heavy atom. The summed E-state index contributed by atoms with van der Waals surface area (Å²) in [4.78, 5) is 29.6. The van der Waals surface area contributed by atoms with Crippen LogP contribution in [0.1, 0.15) is 47.3 Å². The summed E-state index contributed by atoms with van der Waals surface area (Å²) in [5.74, 6) is -6.49. The van der Waals surface area contributed by atoms with Gasteiger partial charge in [0.25, 0.3) is 0 Å². The van der Waals surface area contributed by atoms with Crippen LogP contribution in [0.4, 0.5) is 26.3 Å². The zero-order valence-electron chi connectivity index (χ0n) is 18.1. The standard InChI is InChI=1S/C21H22F6N4O3/c1-2-5-34-19(33)18-16-10-30(3-4-31(16)20(29-18)21(25,26)27)17(32)8-12(28)6-11-7-14(23)15(24)9-13(11)22/h7,9,12H,2-6,8,10,28H2,1H3/t12-/m1/s1. The monoisotopic (exact) mass is 492 g/mol. The molecule has 1 aliphatic heterocycles. The summed E-state index contributed by atoms with van der Waals surface area (Å²) in [5.41, 5.74) is 5.03. The van der Waals surface area contributed by atoms with Crippen molar-refractivity contribution in [3.8, 4) is 0 Å². The first-order valence-electron chi connectivity index (χ1n) is 10.4. The number of amides is 1. The van der Waals surface area contributed by atoms with Crippen LogP contribution < -0.4 is 5.73 Å². The summed E-state index contributed by atoms with van der Waals surface area (Å²) in [6, 6.07) is 0.0578. The molecular formula is C21H22F6N4O3. The highest BCUT2D eigenvalue weighted by Crippen LogP contribution is 2.32. The van der Waals surface area contributed by atoms with Crippen LogP contribution in [0.3, 0.4) is 0 Å². The van der Waals surface area contributed by atoms with Gasteiger partial charge in [-0.2, -0.15) is 13.2 Å². The van der Waals surface area contributed by atoms with Crippen molar-refractivity contribution in [3.05, 3.63) is 52.4 Å². The molecule has 1 amide bonds. The third-order valence-corrected chi connectivity index (χ3v) is 5.25. The van der Waals surface area contributed by atoms with Gasteiger partial charge in [-0.1, -0.05) is 6.92 Å². The lowest BCUT2D eigenvalue weighted by molar-refractivity contribution is -0.148. The van der Waals surface area contributed by atoms with Crippen LogP contribution in [-0.2, 0) is 35.2 Å². The van der Waals surface area contributed by atoms with Gasteiger partial charge in [0, 0.05) is 31.6 Å². The molecule has 0 saturated heterocycles. The topological polar surface area (TPSA) is 90.5 Å². The Labute approximate surface area is 190 Å². The molecule has 34 heavy (non-hydrogen) atoms. The van der Waals surface area contributed by atoms with E-state index in [0.717, 1.165) is 4.57 Å². The minimum atomic E-state index is -4.82. The molecule has 1 aromatic carbocycles. The number of hydrogen-bond donors (Lipinski definition) is 1. The van der Waals surface area contributed by atoms with Gasteiger partial charge in [-0.25, -0.2) is 22.9 Å². The summed E-state index contributed by atoms with van der Waals surface area (Å²) < 4.78 is 86.3. The predicted molar refractivity (Wildman–Crippen MR) is 106 cm³/mol. The van der Waals surface area contributed by atoms with Crippen molar-refractivity contribution in [2.75, 3.05) is 13.2 Å². The lowest BCUT2D eigenvalue weighted by Crippen LogP contribution is -2.42. The summed E-state index contributed by atoms with van der Waals surface area (Å²) in [6.45, 7) is 0.986. The van der Waals surface area contributed by atoms with Crippen LogP contribution in [0.2, 0.25) is 0 Å². The molecule has 0 radical (unpaired) electrons. The molecule has 13 heteroatoms. The van der Waals surface area contributed by atoms with Crippen LogP contribution >= 0.6 is 0 Å². The third kappa shape index (κ3) is 5.51. The number of imidazole rings is 1. The largest absolute Gasteiger partial charge is 0.461 e. The maximum absolute atomic E-state index is 13.9. The number of fused-ring (bicyclic) bond motifs is 1. The van der Waals surface area contributed by atoms with Crippen molar-refractivity contribution < 1.29 is 40.7 Å². The van der Waals surface area contributed by atoms with Crippen molar-refractivity contribution in [2.45, 2.75) is 51.5 Å². The van der Waals surface area contributed by atoms with Crippen molar-refractivity contribution >= 4 is 11.9 Å². The Bertz CT molecular complexity index is 1090. The summed E-state index contributed by atoms with van der Waals surface area (Å²) in [5, 5.41) is 0. The molecule has 0 fully saturated rings. The highest BCUT2D eigenvalue weighted by atomic mass is 19.4. The van der Waals surface area contributed by atoms with Crippen molar-refractivity contribution in [2.24, 2.45) is 5.73 Å². The average molecular weight is 492 g/mol. The summed E-state index contributed by atoms with van der Waals surface area (Å²) >= 11 is 0. The number of hydrogen-bond acceptors (Lipinski definition) is 5. The number of alkyl halides is 3. The molecule has 1 atom stereocenters. The second-order valence-electron chi connectivity index (χ2n) is 7.86. The van der Waals surface area contributed by atoms with E-state index in [2.05, 4.69) is 4.98 Å². The van der Waals surface area contributed by atoms with Gasteiger partial charge >= 0.3 is 12.1 Å². The molecule has 2 heterocycles. The second-order valence-corrected chi connectivity index (χ2v) is 7.86. The van der Waals surface area contributed by atoms with E-state index < -0.39 is 53.1 Å². The fourth-order valence-corrected chi connectivity index (χ4v) is 3.65. The SMILES string of the molecule is CCCOC(=O)c1nc(C(F)(F)F)n2c1CN(C(=O)C[C@H](N)Cc1cc(F)c(F)cc1F)CC2. The summed E-state index contributed by atoms with van der Waals surface area (Å²) in [6.07, 6.45) is -4.97. The normalized spacial score (nSPS) is 14.6. The first-order chi connectivity index (χ1) is 15.9. The van der Waals surface area contributed by atoms with E-state index in [1.54, 1.807) is 6.92 Å². The Morgan fingerprint density at radius 1 is 1.15 bits per heavy atom. The lowest BCUT2D eigenvalue weighted by atomic mass is 10.0. The quantitative estimate of drug-likeness (QED) is 0.364. The first-order valence-corrected chi connectivity index (χ1v) is 10.4. The zero-order valence-corrected chi connectivity index (χ0v) is 18.1. The molecule has 1 aliphatic rings. The molecule has 186 valence electrons. The zero-order chi connectivity index (χ0) is 25.2. The number of benzene rings is 1. The number of carbonyl (C=O) groups excluding carboxylic acids is 2. The number of ether oxygens (including phenoxy) is 1. The van der Waals surface area contributed by atoms with Crippen molar-refractivity contribution in [1.29, 1.82) is 0 Å². The fraction of sp³-hybridized carbons (Fsp3) is 0.476. The number of rotatable bonds is 7. The van der Waals surface area contributed by atoms with Gasteiger partial charge in [0.2, 0.25) is 11.7 Å². The minimum absolute atomic E-state index is 0.00940. The number of nitrogens with zero attached hydrogens (tertiary/aromatic N) is 3. The lowest BCUT2D eigenvalue weighted by Gasteiger charge is -2.30. The Hall–Kier alpha value is -3.09. The number of esters is 1. The maximum Gasteiger partial charge on any atom is 0.449 e. The first kappa shape index (κ1) is 25.5. The highest BCUT2D eigenvalue weighted by molar-refractivity contribution is 5.89. The van der Waals surface area contributed by atoms with Crippen molar-refractivity contribution in [1.82, 2.24) is 14.5 Å². The Balaban J connectivity index is 1.75. The maximum atomic E-state index is 13.9. The van der Waals surface area contributed by atoms with E-state index in [-0.39, 0.29) is 50.3 Å². The number of halogens is 6. The van der Waals surface area contributed by atoms with Crippen LogP contribution in [0.5, 0.6) is 0 Å². The summed E-state index contributed by atoms with van der Waals surface area (Å²) in [7, 11) is 0. The molecule has 2 N–H and O–H groups in total. The van der Waals surface area contributed by atoms with E-state index in [1.165, 1.54) is 4.90 Å². The van der Waals surface area contributed by atoms with E-state index in [4.69, 9.17) is 10.5 Å². The van der Waals surface area contributed by atoms with Crippen LogP contribution in [0, 0.1) is 17.5 Å². The van der Waals surface area contributed by atoms with E-state index in [9.17, 15) is 35.9 Å². The predicted octanol–water partition coefficient (Wildman–Crippen LogP) is 3.19. The number of carbonyl (C=O) groups is 2. The van der Waals surface area contributed by atoms with E-state index >= 15 is 0 Å². The molecule has 1 aromatic heterocycles. The third-order valence-electron chi connectivity index (χ3n) is 5.25. The minimum Gasteiger partial charge on any atom is -0.461 e. The molecule has 0 saturated carbocycles. The molecule has 0 unspecified atom stereocenters. The molecule has 0 spiro atoms. The smallest absolute Gasteiger partial charge is 0.449 e. The molecular weight excluding hydrogens is 470 g/mol. The number of aromatic nitrogens is 2. The number of nitrogens with two attached hydrogens (primary N) is 1. The van der Waals surface area contributed by atoms with E-state index in [0.29, 0.717) is 18.6 Å². The van der Waals surface area contributed by atoms with Gasteiger partial charge in [-0.05, 0) is 24.5 Å². The van der Waals surface area contributed by atoms with Crippen LogP contribution in [0.15, 0.2) is 12.1 Å². The molecule has 0 aliphatic carbocycles. The molecule has 7 nitrogen and oxygen atoms in total. The van der Waals surface area contributed by atoms with Gasteiger partial charge in [0.05, 0.1) is 18.8 Å². The van der Waals surface area contributed by atoms with Gasteiger partial charge < -0.3 is 19.9 Å². The Morgan fingerprint density at radius 3 is 2.47 bits per heavy atom. The van der Waals surface area contributed by atoms with E-state index in [1.807, 2.05) is 0 Å². The van der Waals surface area contributed by atoms with Gasteiger partial charge in [0.1, 0.15) is 5.82 Å².